The molecule has 0 saturated heterocycles. The van der Waals surface area contributed by atoms with Crippen molar-refractivity contribution in [3.63, 3.8) is 0 Å². The summed E-state index contributed by atoms with van der Waals surface area (Å²) in [6.07, 6.45) is 1.23. The molecule has 0 aromatic carbocycles. The van der Waals surface area contributed by atoms with Crippen LogP contribution in [0.4, 0.5) is 0 Å². The van der Waals surface area contributed by atoms with E-state index >= 15 is 0 Å². The number of ether oxygens (including phenoxy) is 1. The van der Waals surface area contributed by atoms with Crippen molar-refractivity contribution in [3.8, 4) is 11.3 Å². The van der Waals surface area contributed by atoms with Gasteiger partial charge in [0.15, 0.2) is 17.8 Å². The fourth-order valence-electron chi connectivity index (χ4n) is 1.29. The molecule has 0 fully saturated rings. The number of aromatic nitrogens is 2. The first-order chi connectivity index (χ1) is 7.74. The SMILES string of the molecule is CCOC(=O)c1ncoc1-c1csnc1C. The molecule has 16 heavy (non-hydrogen) atoms. The molecule has 0 saturated carbocycles. The zero-order chi connectivity index (χ0) is 11.5. The molecule has 2 rings (SSSR count). The van der Waals surface area contributed by atoms with E-state index in [9.17, 15) is 4.79 Å². The van der Waals surface area contributed by atoms with Crippen LogP contribution in [0.5, 0.6) is 0 Å². The van der Waals surface area contributed by atoms with Crippen LogP contribution in [-0.2, 0) is 4.74 Å². The van der Waals surface area contributed by atoms with E-state index in [0.29, 0.717) is 12.4 Å². The summed E-state index contributed by atoms with van der Waals surface area (Å²) in [5.74, 6) is -0.0541. The number of nitrogens with zero attached hydrogens (tertiary/aromatic N) is 2. The Morgan fingerprint density at radius 1 is 1.62 bits per heavy atom. The maximum atomic E-state index is 11.6. The Morgan fingerprint density at radius 2 is 2.44 bits per heavy atom. The number of hydrogen-bond acceptors (Lipinski definition) is 6. The van der Waals surface area contributed by atoms with Crippen LogP contribution in [0.1, 0.15) is 23.1 Å². The molecule has 0 amide bonds. The van der Waals surface area contributed by atoms with Crippen molar-refractivity contribution in [2.75, 3.05) is 6.61 Å². The van der Waals surface area contributed by atoms with Crippen molar-refractivity contribution >= 4 is 17.5 Å². The van der Waals surface area contributed by atoms with Gasteiger partial charge in [-0.25, -0.2) is 9.78 Å². The zero-order valence-electron chi connectivity index (χ0n) is 8.89. The zero-order valence-corrected chi connectivity index (χ0v) is 9.71. The van der Waals surface area contributed by atoms with Gasteiger partial charge in [-0.2, -0.15) is 4.37 Å². The molecule has 2 heterocycles. The molecular formula is C10H10N2O3S. The first-order valence-corrected chi connectivity index (χ1v) is 5.59. The maximum Gasteiger partial charge on any atom is 0.360 e. The number of carbonyl (C=O) groups excluding carboxylic acids is 1. The average Bonchev–Trinajstić information content (AvgIpc) is 2.85. The molecule has 5 nitrogen and oxygen atoms in total. The van der Waals surface area contributed by atoms with Crippen LogP contribution in [0, 0.1) is 6.92 Å². The Balaban J connectivity index is 2.40. The Kier molecular flexibility index (Phi) is 3.00. The Bertz CT molecular complexity index is 504. The summed E-state index contributed by atoms with van der Waals surface area (Å²) in [5.41, 5.74) is 1.79. The van der Waals surface area contributed by atoms with Crippen LogP contribution < -0.4 is 0 Å². The van der Waals surface area contributed by atoms with E-state index in [-0.39, 0.29) is 5.69 Å². The third-order valence-electron chi connectivity index (χ3n) is 2.03. The molecule has 2 aromatic heterocycles. The highest BCUT2D eigenvalue weighted by atomic mass is 32.1. The van der Waals surface area contributed by atoms with Crippen molar-refractivity contribution in [2.24, 2.45) is 0 Å². The first-order valence-electron chi connectivity index (χ1n) is 4.76. The summed E-state index contributed by atoms with van der Waals surface area (Å²) in [6, 6.07) is 0. The number of carbonyl (C=O) groups is 1. The summed E-state index contributed by atoms with van der Waals surface area (Å²) < 4.78 is 14.2. The van der Waals surface area contributed by atoms with E-state index < -0.39 is 5.97 Å². The van der Waals surface area contributed by atoms with Gasteiger partial charge in [-0.15, -0.1) is 0 Å². The van der Waals surface area contributed by atoms with Crippen LogP contribution in [0.2, 0.25) is 0 Å². The Morgan fingerprint density at radius 3 is 3.06 bits per heavy atom. The van der Waals surface area contributed by atoms with Gasteiger partial charge in [0, 0.05) is 5.38 Å². The molecule has 2 aromatic rings. The second-order valence-corrected chi connectivity index (χ2v) is 3.69. The standard InChI is InChI=1S/C10H10N2O3S/c1-3-14-10(13)8-9(15-5-11-8)7-4-16-12-6(7)2/h4-5H,3H2,1-2H3. The highest BCUT2D eigenvalue weighted by molar-refractivity contribution is 7.04. The Hall–Kier alpha value is -1.69. The van der Waals surface area contributed by atoms with Crippen molar-refractivity contribution in [2.45, 2.75) is 13.8 Å². The van der Waals surface area contributed by atoms with Crippen molar-refractivity contribution in [1.29, 1.82) is 0 Å². The highest BCUT2D eigenvalue weighted by Gasteiger charge is 2.21. The van der Waals surface area contributed by atoms with E-state index in [2.05, 4.69) is 9.36 Å². The fourth-order valence-corrected chi connectivity index (χ4v) is 1.98. The number of aryl methyl sites for hydroxylation is 1. The first kappa shape index (κ1) is 10.8. The van der Waals surface area contributed by atoms with Gasteiger partial charge in [0.05, 0.1) is 17.9 Å². The molecule has 0 bridgehead atoms. The van der Waals surface area contributed by atoms with Gasteiger partial charge in [-0.3, -0.25) is 0 Å². The van der Waals surface area contributed by atoms with Gasteiger partial charge >= 0.3 is 5.97 Å². The molecule has 0 aliphatic heterocycles. The molecule has 0 aliphatic carbocycles. The van der Waals surface area contributed by atoms with Crippen molar-refractivity contribution in [3.05, 3.63) is 23.2 Å². The van der Waals surface area contributed by atoms with Gasteiger partial charge in [-0.1, -0.05) is 0 Å². The van der Waals surface area contributed by atoms with E-state index in [1.165, 1.54) is 17.9 Å². The minimum atomic E-state index is -0.475. The Labute approximate surface area is 96.2 Å². The second kappa shape index (κ2) is 4.44. The van der Waals surface area contributed by atoms with Gasteiger partial charge in [0.1, 0.15) is 0 Å². The largest absolute Gasteiger partial charge is 0.461 e. The fraction of sp³-hybridized carbons (Fsp3) is 0.300. The molecular weight excluding hydrogens is 228 g/mol. The topological polar surface area (TPSA) is 65.2 Å². The molecule has 0 aliphatic rings. The summed E-state index contributed by atoms with van der Waals surface area (Å²) >= 11 is 1.31. The second-order valence-electron chi connectivity index (χ2n) is 3.06. The molecule has 0 radical (unpaired) electrons. The monoisotopic (exact) mass is 238 g/mol. The van der Waals surface area contributed by atoms with E-state index in [0.717, 1.165) is 11.3 Å². The molecule has 0 spiro atoms. The maximum absolute atomic E-state index is 11.6. The number of oxazole rings is 1. The van der Waals surface area contributed by atoms with Crippen LogP contribution in [0.3, 0.4) is 0 Å². The van der Waals surface area contributed by atoms with Gasteiger partial charge in [0.25, 0.3) is 0 Å². The minimum Gasteiger partial charge on any atom is -0.461 e. The van der Waals surface area contributed by atoms with E-state index in [1.54, 1.807) is 6.92 Å². The predicted molar refractivity (Wildman–Crippen MR) is 58.3 cm³/mol. The van der Waals surface area contributed by atoms with Crippen molar-refractivity contribution < 1.29 is 13.9 Å². The van der Waals surface area contributed by atoms with Crippen LogP contribution >= 0.6 is 11.5 Å². The normalized spacial score (nSPS) is 10.4. The number of rotatable bonds is 3. The molecule has 6 heteroatoms. The highest BCUT2D eigenvalue weighted by Crippen LogP contribution is 2.27. The molecule has 0 atom stereocenters. The third kappa shape index (κ3) is 1.83. The van der Waals surface area contributed by atoms with Crippen LogP contribution in [0.15, 0.2) is 16.2 Å². The molecule has 0 N–H and O–H groups in total. The smallest absolute Gasteiger partial charge is 0.360 e. The lowest BCUT2D eigenvalue weighted by Gasteiger charge is -1.99. The van der Waals surface area contributed by atoms with Gasteiger partial charge in [0.2, 0.25) is 0 Å². The quantitative estimate of drug-likeness (QED) is 0.767. The van der Waals surface area contributed by atoms with Crippen LogP contribution in [-0.4, -0.2) is 21.9 Å². The van der Waals surface area contributed by atoms with Crippen LogP contribution in [0.25, 0.3) is 11.3 Å². The van der Waals surface area contributed by atoms with E-state index in [4.69, 9.17) is 9.15 Å². The van der Waals surface area contributed by atoms with Gasteiger partial charge < -0.3 is 9.15 Å². The lowest BCUT2D eigenvalue weighted by molar-refractivity contribution is 0.0520. The summed E-state index contributed by atoms with van der Waals surface area (Å²) in [7, 11) is 0. The third-order valence-corrected chi connectivity index (χ3v) is 2.75. The molecule has 84 valence electrons. The summed E-state index contributed by atoms with van der Waals surface area (Å²) in [4.78, 5) is 15.4. The number of esters is 1. The summed E-state index contributed by atoms with van der Waals surface area (Å²) in [5, 5.41) is 1.82. The lowest BCUT2D eigenvalue weighted by atomic mass is 10.2. The summed E-state index contributed by atoms with van der Waals surface area (Å²) in [6.45, 7) is 3.91. The van der Waals surface area contributed by atoms with Crippen molar-refractivity contribution in [1.82, 2.24) is 9.36 Å². The number of hydrogen-bond donors (Lipinski definition) is 0. The average molecular weight is 238 g/mol. The minimum absolute atomic E-state index is 0.199. The van der Waals surface area contributed by atoms with E-state index in [1.807, 2.05) is 12.3 Å². The van der Waals surface area contributed by atoms with Gasteiger partial charge in [-0.05, 0) is 25.4 Å². The predicted octanol–water partition coefficient (Wildman–Crippen LogP) is 2.28. The lowest BCUT2D eigenvalue weighted by Crippen LogP contribution is -2.06. The molecule has 0 unspecified atom stereocenters.